The van der Waals surface area contributed by atoms with Crippen LogP contribution in [0, 0.1) is 0 Å². The van der Waals surface area contributed by atoms with Crippen LogP contribution in [0.15, 0.2) is 48.7 Å². The molecule has 0 aliphatic heterocycles. The van der Waals surface area contributed by atoms with Gasteiger partial charge in [-0.3, -0.25) is 5.32 Å². The van der Waals surface area contributed by atoms with Crippen LogP contribution in [0.1, 0.15) is 17.4 Å². The molecular formula is C18H17N5O3. The van der Waals surface area contributed by atoms with Crippen LogP contribution in [0.2, 0.25) is 0 Å². The molecule has 3 rings (SSSR count). The molecule has 4 N–H and O–H groups in total. The van der Waals surface area contributed by atoms with Crippen LogP contribution in [0.5, 0.6) is 0 Å². The maximum Gasteiger partial charge on any atom is 0.354 e. The second-order valence-electron chi connectivity index (χ2n) is 5.42. The van der Waals surface area contributed by atoms with Gasteiger partial charge in [-0.25, -0.2) is 19.6 Å². The van der Waals surface area contributed by atoms with Gasteiger partial charge < -0.3 is 15.7 Å². The Morgan fingerprint density at radius 3 is 2.69 bits per heavy atom. The van der Waals surface area contributed by atoms with Gasteiger partial charge >= 0.3 is 12.0 Å². The minimum atomic E-state index is -1.09. The molecule has 0 unspecified atom stereocenters. The molecule has 3 aromatic rings. The standard InChI is InChI=1S/C18H17N5O3/c1-2-19-18(26)23-16-9-11-5-3-6-13(12(11)10-20-16)21-15-8-4-7-14(22-15)17(24)25/h3-10H,2H2,1H3,(H,21,22)(H,24,25)(H2,19,20,23,26). The highest BCUT2D eigenvalue weighted by Gasteiger charge is 2.08. The van der Waals surface area contributed by atoms with E-state index in [2.05, 4.69) is 25.9 Å². The van der Waals surface area contributed by atoms with Gasteiger partial charge in [0.1, 0.15) is 11.6 Å². The fourth-order valence-electron chi connectivity index (χ4n) is 2.43. The predicted octanol–water partition coefficient (Wildman–Crippen LogP) is 3.21. The van der Waals surface area contributed by atoms with E-state index in [9.17, 15) is 9.59 Å². The average Bonchev–Trinajstić information content (AvgIpc) is 2.62. The van der Waals surface area contributed by atoms with Crippen molar-refractivity contribution in [2.45, 2.75) is 6.92 Å². The monoisotopic (exact) mass is 351 g/mol. The zero-order chi connectivity index (χ0) is 18.5. The summed E-state index contributed by atoms with van der Waals surface area (Å²) in [5.74, 6) is -0.233. The molecule has 0 radical (unpaired) electrons. The van der Waals surface area contributed by atoms with Gasteiger partial charge in [0.2, 0.25) is 0 Å². The number of hydrogen-bond acceptors (Lipinski definition) is 5. The molecule has 0 spiro atoms. The molecule has 0 atom stereocenters. The minimum absolute atomic E-state index is 0.0400. The molecule has 0 saturated carbocycles. The molecule has 0 bridgehead atoms. The van der Waals surface area contributed by atoms with Gasteiger partial charge in [0.25, 0.3) is 0 Å². The average molecular weight is 351 g/mol. The number of nitrogens with one attached hydrogen (secondary N) is 3. The minimum Gasteiger partial charge on any atom is -0.477 e. The Morgan fingerprint density at radius 1 is 1.12 bits per heavy atom. The lowest BCUT2D eigenvalue weighted by atomic mass is 10.1. The Kier molecular flexibility index (Phi) is 4.93. The van der Waals surface area contributed by atoms with Crippen molar-refractivity contribution in [1.29, 1.82) is 0 Å². The Labute approximate surface area is 149 Å². The number of carboxylic acid groups (broad SMARTS) is 1. The summed E-state index contributed by atoms with van der Waals surface area (Å²) in [6.07, 6.45) is 1.64. The first-order chi connectivity index (χ1) is 12.6. The molecular weight excluding hydrogens is 334 g/mol. The third kappa shape index (κ3) is 3.86. The number of carbonyl (C=O) groups excluding carboxylic acids is 1. The number of aromatic nitrogens is 2. The van der Waals surface area contributed by atoms with Gasteiger partial charge in [0, 0.05) is 23.8 Å². The van der Waals surface area contributed by atoms with E-state index in [0.29, 0.717) is 18.2 Å². The normalized spacial score (nSPS) is 10.3. The number of carboxylic acids is 1. The van der Waals surface area contributed by atoms with Crippen LogP contribution in [0.4, 0.5) is 22.1 Å². The Hall–Kier alpha value is -3.68. The second kappa shape index (κ2) is 7.47. The highest BCUT2D eigenvalue weighted by Crippen LogP contribution is 2.26. The van der Waals surface area contributed by atoms with E-state index in [1.54, 1.807) is 24.4 Å². The highest BCUT2D eigenvalue weighted by molar-refractivity contribution is 5.97. The van der Waals surface area contributed by atoms with Crippen molar-refractivity contribution < 1.29 is 14.7 Å². The van der Waals surface area contributed by atoms with Crippen LogP contribution in [-0.2, 0) is 0 Å². The first-order valence-electron chi connectivity index (χ1n) is 7.98. The number of hydrogen-bond donors (Lipinski definition) is 4. The van der Waals surface area contributed by atoms with Gasteiger partial charge in [0.05, 0.1) is 0 Å². The SMILES string of the molecule is CCNC(=O)Nc1cc2cccc(Nc3cccc(C(=O)O)n3)c2cn1. The van der Waals surface area contributed by atoms with Crippen LogP contribution >= 0.6 is 0 Å². The lowest BCUT2D eigenvalue weighted by molar-refractivity contribution is 0.0690. The van der Waals surface area contributed by atoms with Gasteiger partial charge in [0.15, 0.2) is 5.69 Å². The maximum atomic E-state index is 11.6. The molecule has 8 nitrogen and oxygen atoms in total. The molecule has 8 heteroatoms. The van der Waals surface area contributed by atoms with E-state index >= 15 is 0 Å². The third-order valence-electron chi connectivity index (χ3n) is 3.57. The van der Waals surface area contributed by atoms with E-state index in [1.807, 2.05) is 25.1 Å². The molecule has 26 heavy (non-hydrogen) atoms. The van der Waals surface area contributed by atoms with Crippen LogP contribution < -0.4 is 16.0 Å². The number of benzene rings is 1. The molecule has 1 aromatic carbocycles. The highest BCUT2D eigenvalue weighted by atomic mass is 16.4. The zero-order valence-corrected chi connectivity index (χ0v) is 14.0. The van der Waals surface area contributed by atoms with E-state index < -0.39 is 5.97 Å². The number of fused-ring (bicyclic) bond motifs is 1. The number of carbonyl (C=O) groups is 2. The molecule has 2 amide bonds. The Morgan fingerprint density at radius 2 is 1.92 bits per heavy atom. The Balaban J connectivity index is 1.89. The summed E-state index contributed by atoms with van der Waals surface area (Å²) in [4.78, 5) is 31.0. The van der Waals surface area contributed by atoms with Crippen LogP contribution in [0.25, 0.3) is 10.8 Å². The summed E-state index contributed by atoms with van der Waals surface area (Å²) >= 11 is 0. The predicted molar refractivity (Wildman–Crippen MR) is 98.9 cm³/mol. The van der Waals surface area contributed by atoms with E-state index in [1.165, 1.54) is 6.07 Å². The molecule has 132 valence electrons. The summed E-state index contributed by atoms with van der Waals surface area (Å²) < 4.78 is 0. The quantitative estimate of drug-likeness (QED) is 0.561. The van der Waals surface area contributed by atoms with Crippen molar-refractivity contribution >= 4 is 40.1 Å². The number of urea groups is 1. The Bertz CT molecular complexity index is 974. The molecule has 0 aliphatic carbocycles. The number of amides is 2. The first kappa shape index (κ1) is 17.2. The summed E-state index contributed by atoms with van der Waals surface area (Å²) in [6.45, 7) is 2.36. The molecule has 2 aromatic heterocycles. The van der Waals surface area contributed by atoms with Crippen molar-refractivity contribution in [2.75, 3.05) is 17.2 Å². The number of nitrogens with zero attached hydrogens (tertiary/aromatic N) is 2. The lowest BCUT2D eigenvalue weighted by Crippen LogP contribution is -2.28. The summed E-state index contributed by atoms with van der Waals surface area (Å²) in [7, 11) is 0. The summed E-state index contributed by atoms with van der Waals surface area (Å²) in [5.41, 5.74) is 0.691. The number of aromatic carboxylic acids is 1. The fourth-order valence-corrected chi connectivity index (χ4v) is 2.43. The van der Waals surface area contributed by atoms with Gasteiger partial charge in [-0.15, -0.1) is 0 Å². The molecule has 0 saturated heterocycles. The van der Waals surface area contributed by atoms with Crippen molar-refractivity contribution in [2.24, 2.45) is 0 Å². The van der Waals surface area contributed by atoms with Crippen molar-refractivity contribution in [3.63, 3.8) is 0 Å². The topological polar surface area (TPSA) is 116 Å². The number of anilines is 3. The second-order valence-corrected chi connectivity index (χ2v) is 5.42. The molecule has 0 fully saturated rings. The van der Waals surface area contributed by atoms with Crippen molar-refractivity contribution in [3.8, 4) is 0 Å². The lowest BCUT2D eigenvalue weighted by Gasteiger charge is -2.11. The summed E-state index contributed by atoms with van der Waals surface area (Å²) in [5, 5.41) is 19.1. The van der Waals surface area contributed by atoms with Gasteiger partial charge in [-0.2, -0.15) is 0 Å². The van der Waals surface area contributed by atoms with Crippen LogP contribution in [-0.4, -0.2) is 33.6 Å². The molecule has 0 aliphatic rings. The molecule has 2 heterocycles. The largest absolute Gasteiger partial charge is 0.477 e. The van der Waals surface area contributed by atoms with Crippen molar-refractivity contribution in [1.82, 2.24) is 15.3 Å². The smallest absolute Gasteiger partial charge is 0.354 e. The van der Waals surface area contributed by atoms with Crippen LogP contribution in [0.3, 0.4) is 0 Å². The third-order valence-corrected chi connectivity index (χ3v) is 3.57. The van der Waals surface area contributed by atoms with E-state index in [0.717, 1.165) is 16.5 Å². The van der Waals surface area contributed by atoms with Gasteiger partial charge in [-0.05, 0) is 36.6 Å². The number of pyridine rings is 2. The van der Waals surface area contributed by atoms with Gasteiger partial charge in [-0.1, -0.05) is 18.2 Å². The number of rotatable bonds is 5. The first-order valence-corrected chi connectivity index (χ1v) is 7.98. The zero-order valence-electron chi connectivity index (χ0n) is 14.0. The van der Waals surface area contributed by atoms with E-state index in [4.69, 9.17) is 5.11 Å². The van der Waals surface area contributed by atoms with E-state index in [-0.39, 0.29) is 11.7 Å². The fraction of sp³-hybridized carbons (Fsp3) is 0.111. The summed E-state index contributed by atoms with van der Waals surface area (Å²) in [6, 6.07) is 11.8. The maximum absolute atomic E-state index is 11.6. The van der Waals surface area contributed by atoms with Crippen molar-refractivity contribution in [3.05, 3.63) is 54.4 Å².